The number of nitrogen functional groups attached to an aromatic ring is 1. The number of rotatable bonds is 5. The predicted molar refractivity (Wildman–Crippen MR) is 70.2 cm³/mol. The van der Waals surface area contributed by atoms with E-state index in [-0.39, 0.29) is 5.91 Å². The molecular weight excluding hydrogens is 222 g/mol. The molecule has 1 aromatic rings. The normalized spacial score (nSPS) is 9.88. The van der Waals surface area contributed by atoms with Gasteiger partial charge in [-0.3, -0.25) is 4.79 Å². The molecule has 0 radical (unpaired) electrons. The molecular formula is C11H17N3OS. The van der Waals surface area contributed by atoms with Gasteiger partial charge in [0.25, 0.3) is 5.91 Å². The summed E-state index contributed by atoms with van der Waals surface area (Å²) in [6.07, 6.45) is 1.64. The first kappa shape index (κ1) is 12.6. The van der Waals surface area contributed by atoms with Crippen molar-refractivity contribution >= 4 is 27.9 Å². The fourth-order valence-electron chi connectivity index (χ4n) is 1.16. The minimum absolute atomic E-state index is 0.141. The summed E-state index contributed by atoms with van der Waals surface area (Å²) in [6, 6.07) is 1.83. The summed E-state index contributed by atoms with van der Waals surface area (Å²) in [4.78, 5) is 14.3. The van der Waals surface area contributed by atoms with Gasteiger partial charge in [0.05, 0.1) is 10.7 Å². The quantitative estimate of drug-likeness (QED) is 0.769. The lowest BCUT2D eigenvalue weighted by Gasteiger charge is -2.12. The highest BCUT2D eigenvalue weighted by molar-refractivity contribution is 7.18. The van der Waals surface area contributed by atoms with Crippen molar-refractivity contribution in [2.24, 2.45) is 0 Å². The molecule has 5 heteroatoms. The van der Waals surface area contributed by atoms with Gasteiger partial charge in [0.15, 0.2) is 0 Å². The smallest absolute Gasteiger partial charge is 0.263 e. The van der Waals surface area contributed by atoms with Gasteiger partial charge in [0, 0.05) is 20.1 Å². The highest BCUT2D eigenvalue weighted by atomic mass is 32.1. The summed E-state index contributed by atoms with van der Waals surface area (Å²) >= 11 is 1.41. The second kappa shape index (κ2) is 5.55. The number of anilines is 2. The molecule has 0 aliphatic rings. The highest BCUT2D eigenvalue weighted by Gasteiger charge is 2.14. The molecule has 1 heterocycles. The van der Waals surface area contributed by atoms with Crippen molar-refractivity contribution in [2.45, 2.75) is 6.92 Å². The summed E-state index contributed by atoms with van der Waals surface area (Å²) in [5.74, 6) is -0.141. The van der Waals surface area contributed by atoms with Gasteiger partial charge in [-0.05, 0) is 13.0 Å². The number of thiophene rings is 1. The van der Waals surface area contributed by atoms with E-state index in [4.69, 9.17) is 5.73 Å². The van der Waals surface area contributed by atoms with Gasteiger partial charge in [-0.25, -0.2) is 0 Å². The Kier molecular flexibility index (Phi) is 4.37. The molecule has 0 saturated carbocycles. The summed E-state index contributed by atoms with van der Waals surface area (Å²) in [5, 5.41) is 3.72. The predicted octanol–water partition coefficient (Wildman–Crippen LogP) is 1.70. The van der Waals surface area contributed by atoms with Crippen molar-refractivity contribution in [2.75, 3.05) is 30.8 Å². The molecule has 0 bridgehead atoms. The highest BCUT2D eigenvalue weighted by Crippen LogP contribution is 2.31. The van der Waals surface area contributed by atoms with Crippen LogP contribution in [0.4, 0.5) is 10.7 Å². The van der Waals surface area contributed by atoms with Crippen LogP contribution in [0.1, 0.15) is 16.6 Å². The van der Waals surface area contributed by atoms with Crippen molar-refractivity contribution in [1.82, 2.24) is 5.32 Å². The SMILES string of the molecule is C=CCNC(=O)c1sc(N(C)CC)cc1N. The molecule has 0 spiro atoms. The first-order valence-corrected chi connectivity index (χ1v) is 5.91. The van der Waals surface area contributed by atoms with Gasteiger partial charge in [0.1, 0.15) is 4.88 Å². The van der Waals surface area contributed by atoms with E-state index in [0.29, 0.717) is 17.1 Å². The zero-order valence-corrected chi connectivity index (χ0v) is 10.4. The summed E-state index contributed by atoms with van der Waals surface area (Å²) < 4.78 is 0. The topological polar surface area (TPSA) is 58.4 Å². The molecule has 0 atom stereocenters. The van der Waals surface area contributed by atoms with Crippen LogP contribution in [-0.4, -0.2) is 26.0 Å². The molecule has 0 aliphatic carbocycles. The number of hydrogen-bond acceptors (Lipinski definition) is 4. The van der Waals surface area contributed by atoms with Crippen LogP contribution in [0, 0.1) is 0 Å². The second-order valence-corrected chi connectivity index (χ2v) is 4.41. The van der Waals surface area contributed by atoms with Crippen molar-refractivity contribution in [1.29, 1.82) is 0 Å². The molecule has 4 nitrogen and oxygen atoms in total. The number of carbonyl (C=O) groups is 1. The number of hydrogen-bond donors (Lipinski definition) is 2. The summed E-state index contributed by atoms with van der Waals surface area (Å²) in [7, 11) is 1.97. The average molecular weight is 239 g/mol. The van der Waals surface area contributed by atoms with E-state index >= 15 is 0 Å². The van der Waals surface area contributed by atoms with E-state index in [1.54, 1.807) is 6.08 Å². The second-order valence-electron chi connectivity index (χ2n) is 3.38. The minimum atomic E-state index is -0.141. The molecule has 3 N–H and O–H groups in total. The van der Waals surface area contributed by atoms with Gasteiger partial charge in [0.2, 0.25) is 0 Å². The van der Waals surface area contributed by atoms with Crippen molar-refractivity contribution < 1.29 is 4.79 Å². The molecule has 1 rings (SSSR count). The fourth-order valence-corrected chi connectivity index (χ4v) is 2.18. The van der Waals surface area contributed by atoms with Crippen molar-refractivity contribution in [3.63, 3.8) is 0 Å². The maximum atomic E-state index is 11.7. The molecule has 1 aromatic heterocycles. The number of nitrogens with two attached hydrogens (primary N) is 1. The Hall–Kier alpha value is -1.49. The van der Waals surface area contributed by atoms with Crippen LogP contribution in [0.25, 0.3) is 0 Å². The Morgan fingerprint density at radius 3 is 3.00 bits per heavy atom. The Balaban J connectivity index is 2.84. The Labute approximate surface area is 99.7 Å². The van der Waals surface area contributed by atoms with E-state index in [2.05, 4.69) is 11.9 Å². The number of nitrogens with zero attached hydrogens (tertiary/aromatic N) is 1. The lowest BCUT2D eigenvalue weighted by Crippen LogP contribution is -2.22. The lowest BCUT2D eigenvalue weighted by molar-refractivity contribution is 0.0963. The standard InChI is InChI=1S/C11H17N3OS/c1-4-6-13-11(15)10-8(12)7-9(16-10)14(3)5-2/h4,7H,1,5-6,12H2,2-3H3,(H,13,15). The Morgan fingerprint density at radius 2 is 2.44 bits per heavy atom. The van der Waals surface area contributed by atoms with Crippen LogP contribution in [0.3, 0.4) is 0 Å². The van der Waals surface area contributed by atoms with Gasteiger partial charge >= 0.3 is 0 Å². The van der Waals surface area contributed by atoms with Crippen molar-refractivity contribution in [3.8, 4) is 0 Å². The minimum Gasteiger partial charge on any atom is -0.397 e. The van der Waals surface area contributed by atoms with Gasteiger partial charge in [-0.15, -0.1) is 17.9 Å². The van der Waals surface area contributed by atoms with Gasteiger partial charge < -0.3 is 16.0 Å². The number of nitrogens with one attached hydrogen (secondary N) is 1. The van der Waals surface area contributed by atoms with Crippen LogP contribution in [-0.2, 0) is 0 Å². The largest absolute Gasteiger partial charge is 0.397 e. The monoisotopic (exact) mass is 239 g/mol. The summed E-state index contributed by atoms with van der Waals surface area (Å²) in [5.41, 5.74) is 6.33. The molecule has 0 saturated heterocycles. The van der Waals surface area contributed by atoms with E-state index < -0.39 is 0 Å². The van der Waals surface area contributed by atoms with E-state index in [1.807, 2.05) is 24.9 Å². The number of amides is 1. The molecule has 1 amide bonds. The lowest BCUT2D eigenvalue weighted by atomic mass is 10.3. The molecule has 0 fully saturated rings. The average Bonchev–Trinajstić information content (AvgIpc) is 2.67. The molecule has 16 heavy (non-hydrogen) atoms. The number of carbonyl (C=O) groups excluding carboxylic acids is 1. The maximum absolute atomic E-state index is 11.7. The first-order valence-electron chi connectivity index (χ1n) is 5.09. The fraction of sp³-hybridized carbons (Fsp3) is 0.364. The van der Waals surface area contributed by atoms with Gasteiger partial charge in [-0.2, -0.15) is 0 Å². The van der Waals surface area contributed by atoms with E-state index in [1.165, 1.54) is 11.3 Å². The van der Waals surface area contributed by atoms with Crippen LogP contribution in [0.5, 0.6) is 0 Å². The van der Waals surface area contributed by atoms with Crippen LogP contribution in [0.15, 0.2) is 18.7 Å². The third kappa shape index (κ3) is 2.76. The molecule has 0 aliphatic heterocycles. The maximum Gasteiger partial charge on any atom is 0.263 e. The Morgan fingerprint density at radius 1 is 1.75 bits per heavy atom. The molecule has 88 valence electrons. The van der Waals surface area contributed by atoms with Crippen molar-refractivity contribution in [3.05, 3.63) is 23.6 Å². The third-order valence-electron chi connectivity index (χ3n) is 2.21. The Bertz CT molecular complexity index is 387. The zero-order chi connectivity index (χ0) is 12.1. The van der Waals surface area contributed by atoms with E-state index in [0.717, 1.165) is 11.5 Å². The third-order valence-corrected chi connectivity index (χ3v) is 3.48. The summed E-state index contributed by atoms with van der Waals surface area (Å²) in [6.45, 7) is 6.93. The van der Waals surface area contributed by atoms with Crippen LogP contribution in [0.2, 0.25) is 0 Å². The van der Waals surface area contributed by atoms with Crippen LogP contribution < -0.4 is 16.0 Å². The molecule has 0 unspecified atom stereocenters. The first-order chi connectivity index (χ1) is 7.60. The van der Waals surface area contributed by atoms with E-state index in [9.17, 15) is 4.79 Å². The van der Waals surface area contributed by atoms with Gasteiger partial charge in [-0.1, -0.05) is 6.08 Å². The van der Waals surface area contributed by atoms with Crippen LogP contribution >= 0.6 is 11.3 Å². The molecule has 0 aromatic carbocycles. The zero-order valence-electron chi connectivity index (χ0n) is 9.62.